The number of carbonyl (C=O) groups is 2. The Hall–Kier alpha value is -2.73. The summed E-state index contributed by atoms with van der Waals surface area (Å²) in [5.41, 5.74) is 0. The lowest BCUT2D eigenvalue weighted by atomic mass is 10.3. The second kappa shape index (κ2) is 9.65. The molecule has 29 heavy (non-hydrogen) atoms. The lowest BCUT2D eigenvalue weighted by Gasteiger charge is -2.14. The van der Waals surface area contributed by atoms with Gasteiger partial charge in [0, 0.05) is 6.54 Å². The topological polar surface area (TPSA) is 128 Å². The van der Waals surface area contributed by atoms with Gasteiger partial charge in [0.15, 0.2) is 16.7 Å². The molecule has 0 saturated heterocycles. The minimum Gasteiger partial charge on any atom is -0.459 e. The van der Waals surface area contributed by atoms with Crippen molar-refractivity contribution in [2.75, 3.05) is 11.1 Å². The zero-order valence-electron chi connectivity index (χ0n) is 16.2. The Kier molecular flexibility index (Phi) is 6.99. The summed E-state index contributed by atoms with van der Waals surface area (Å²) in [5.74, 6) is 0.470. The van der Waals surface area contributed by atoms with Crippen LogP contribution in [0.2, 0.25) is 0 Å². The predicted molar refractivity (Wildman–Crippen MR) is 109 cm³/mol. The van der Waals surface area contributed by atoms with Gasteiger partial charge in [-0.3, -0.25) is 14.9 Å². The van der Waals surface area contributed by atoms with Crippen molar-refractivity contribution in [2.24, 2.45) is 0 Å². The molecule has 10 nitrogen and oxygen atoms in total. The molecule has 3 heterocycles. The summed E-state index contributed by atoms with van der Waals surface area (Å²) >= 11 is 2.63. The van der Waals surface area contributed by atoms with Crippen LogP contribution in [0.4, 0.5) is 5.13 Å². The van der Waals surface area contributed by atoms with Crippen molar-refractivity contribution in [3.05, 3.63) is 35.0 Å². The van der Waals surface area contributed by atoms with Gasteiger partial charge in [0.2, 0.25) is 11.0 Å². The lowest BCUT2D eigenvalue weighted by Crippen LogP contribution is -2.28. The molecule has 0 aliphatic heterocycles. The Bertz CT molecular complexity index is 968. The maximum Gasteiger partial charge on any atom is 0.287 e. The molecular formula is C17H21N7O3S2. The maximum atomic E-state index is 12.2. The van der Waals surface area contributed by atoms with Crippen molar-refractivity contribution < 1.29 is 14.0 Å². The third-order valence-electron chi connectivity index (χ3n) is 3.89. The van der Waals surface area contributed by atoms with Gasteiger partial charge in [-0.1, -0.05) is 30.0 Å². The third kappa shape index (κ3) is 5.21. The van der Waals surface area contributed by atoms with E-state index in [1.54, 1.807) is 12.1 Å². The van der Waals surface area contributed by atoms with Gasteiger partial charge in [0.25, 0.3) is 5.91 Å². The molecule has 0 aromatic carbocycles. The zero-order chi connectivity index (χ0) is 20.8. The highest BCUT2D eigenvalue weighted by molar-refractivity contribution is 7.99. The Labute approximate surface area is 175 Å². The van der Waals surface area contributed by atoms with E-state index in [1.807, 2.05) is 25.3 Å². The van der Waals surface area contributed by atoms with Gasteiger partial charge < -0.3 is 14.3 Å². The molecule has 2 N–H and O–H groups in total. The molecule has 0 spiro atoms. The number of thioether (sulfide) groups is 1. The molecule has 0 radical (unpaired) electrons. The van der Waals surface area contributed by atoms with E-state index in [0.29, 0.717) is 22.7 Å². The number of amides is 2. The van der Waals surface area contributed by atoms with Crippen LogP contribution in [0.3, 0.4) is 0 Å². The molecule has 0 bridgehead atoms. The summed E-state index contributed by atoms with van der Waals surface area (Å²) in [6, 6.07) is 2.87. The van der Waals surface area contributed by atoms with E-state index in [-0.39, 0.29) is 29.4 Å². The van der Waals surface area contributed by atoms with E-state index in [0.717, 1.165) is 11.4 Å². The van der Waals surface area contributed by atoms with E-state index in [9.17, 15) is 9.59 Å². The van der Waals surface area contributed by atoms with Crippen LogP contribution in [0.1, 0.15) is 48.2 Å². The number of aromatic nitrogens is 5. The number of furan rings is 1. The normalized spacial score (nSPS) is 12.0. The molecule has 0 aliphatic rings. The van der Waals surface area contributed by atoms with Gasteiger partial charge in [-0.15, -0.1) is 20.4 Å². The molecule has 3 rings (SSSR count). The molecule has 3 aromatic heterocycles. The number of rotatable bonds is 9. The highest BCUT2D eigenvalue weighted by atomic mass is 32.2. The molecule has 0 aliphatic carbocycles. The molecule has 12 heteroatoms. The van der Waals surface area contributed by atoms with Gasteiger partial charge in [0.05, 0.1) is 18.1 Å². The first-order valence-corrected chi connectivity index (χ1v) is 10.8. The average molecular weight is 436 g/mol. The largest absolute Gasteiger partial charge is 0.459 e. The highest BCUT2D eigenvalue weighted by Crippen LogP contribution is 2.22. The molecule has 1 unspecified atom stereocenters. The van der Waals surface area contributed by atoms with Gasteiger partial charge >= 0.3 is 0 Å². The third-order valence-corrected chi connectivity index (χ3v) is 5.84. The zero-order valence-corrected chi connectivity index (χ0v) is 17.8. The van der Waals surface area contributed by atoms with Crippen LogP contribution < -0.4 is 10.6 Å². The van der Waals surface area contributed by atoms with Crippen LogP contribution in [0.5, 0.6) is 0 Å². The minimum absolute atomic E-state index is 0.159. The second-order valence-electron chi connectivity index (χ2n) is 5.95. The van der Waals surface area contributed by atoms with Crippen molar-refractivity contribution in [3.8, 4) is 0 Å². The number of nitrogens with one attached hydrogen (secondary N) is 2. The van der Waals surface area contributed by atoms with Crippen LogP contribution in [0.25, 0.3) is 0 Å². The van der Waals surface area contributed by atoms with E-state index >= 15 is 0 Å². The molecule has 1 atom stereocenters. The number of hydrogen-bond donors (Lipinski definition) is 2. The minimum atomic E-state index is -0.378. The van der Waals surface area contributed by atoms with Crippen molar-refractivity contribution in [2.45, 2.75) is 44.9 Å². The molecule has 0 fully saturated rings. The summed E-state index contributed by atoms with van der Waals surface area (Å²) in [7, 11) is 0. The van der Waals surface area contributed by atoms with Crippen molar-refractivity contribution in [1.82, 2.24) is 30.3 Å². The Morgan fingerprint density at radius 1 is 1.28 bits per heavy atom. The summed E-state index contributed by atoms with van der Waals surface area (Å²) in [6.45, 7) is 6.35. The van der Waals surface area contributed by atoms with Gasteiger partial charge in [-0.05, 0) is 32.4 Å². The quantitative estimate of drug-likeness (QED) is 0.491. The van der Waals surface area contributed by atoms with Crippen LogP contribution in [-0.4, -0.2) is 42.5 Å². The van der Waals surface area contributed by atoms with E-state index in [2.05, 4.69) is 31.0 Å². The number of nitrogens with zero attached hydrogens (tertiary/aromatic N) is 5. The first kappa shape index (κ1) is 21.0. The molecule has 154 valence electrons. The summed E-state index contributed by atoms with van der Waals surface area (Å²) < 4.78 is 6.97. The highest BCUT2D eigenvalue weighted by Gasteiger charge is 2.21. The molecule has 2 amide bonds. The Morgan fingerprint density at radius 2 is 2.10 bits per heavy atom. The fraction of sp³-hybridized carbons (Fsp3) is 0.412. The fourth-order valence-corrected chi connectivity index (χ4v) is 4.00. The summed E-state index contributed by atoms with van der Waals surface area (Å²) in [4.78, 5) is 24.4. The summed E-state index contributed by atoms with van der Waals surface area (Å²) in [5, 5.41) is 23.8. The molecular weight excluding hydrogens is 414 g/mol. The summed E-state index contributed by atoms with van der Waals surface area (Å²) in [6.07, 6.45) is 2.22. The first-order valence-electron chi connectivity index (χ1n) is 9.04. The molecule has 3 aromatic rings. The lowest BCUT2D eigenvalue weighted by molar-refractivity contribution is -0.113. The average Bonchev–Trinajstić information content (AvgIpc) is 3.45. The Balaban J connectivity index is 1.59. The number of hydrogen-bond acceptors (Lipinski definition) is 9. The monoisotopic (exact) mass is 435 g/mol. The van der Waals surface area contributed by atoms with E-state index in [1.165, 1.54) is 29.4 Å². The standard InChI is InChI=1S/C17H21N7O3S2/c1-4-13-20-22-16(29-13)19-12(25)9-28-17-23-21-14(24(17)5-2)10(3)18-15(26)11-7-6-8-27-11/h6-8,10H,4-5,9H2,1-3H3,(H,18,26)(H,19,22,25). The maximum absolute atomic E-state index is 12.2. The number of anilines is 1. The van der Waals surface area contributed by atoms with Crippen LogP contribution >= 0.6 is 23.1 Å². The smallest absolute Gasteiger partial charge is 0.287 e. The van der Waals surface area contributed by atoms with Crippen LogP contribution in [0, 0.1) is 0 Å². The number of aryl methyl sites for hydroxylation is 1. The van der Waals surface area contributed by atoms with Gasteiger partial charge in [-0.2, -0.15) is 0 Å². The van der Waals surface area contributed by atoms with Crippen molar-refractivity contribution >= 4 is 40.0 Å². The number of carbonyl (C=O) groups excluding carboxylic acids is 2. The van der Waals surface area contributed by atoms with E-state index in [4.69, 9.17) is 4.42 Å². The van der Waals surface area contributed by atoms with Crippen molar-refractivity contribution in [3.63, 3.8) is 0 Å². The van der Waals surface area contributed by atoms with E-state index < -0.39 is 0 Å². The van der Waals surface area contributed by atoms with Crippen LogP contribution in [-0.2, 0) is 17.8 Å². The fourth-order valence-electron chi connectivity index (χ4n) is 2.50. The SMILES string of the molecule is CCc1nnc(NC(=O)CSc2nnc(C(C)NC(=O)c3ccco3)n2CC)s1. The predicted octanol–water partition coefficient (Wildman–Crippen LogP) is 2.53. The second-order valence-corrected chi connectivity index (χ2v) is 7.95. The Morgan fingerprint density at radius 3 is 2.76 bits per heavy atom. The van der Waals surface area contributed by atoms with Gasteiger partial charge in [0.1, 0.15) is 5.01 Å². The van der Waals surface area contributed by atoms with Crippen LogP contribution in [0.15, 0.2) is 28.0 Å². The van der Waals surface area contributed by atoms with Gasteiger partial charge in [-0.25, -0.2) is 0 Å². The molecule has 0 saturated carbocycles. The first-order chi connectivity index (χ1) is 14.0. The van der Waals surface area contributed by atoms with Crippen molar-refractivity contribution in [1.29, 1.82) is 0 Å².